The van der Waals surface area contributed by atoms with Gasteiger partial charge < -0.3 is 19.9 Å². The molecule has 1 aromatic carbocycles. The Morgan fingerprint density at radius 3 is 2.36 bits per heavy atom. The van der Waals surface area contributed by atoms with Gasteiger partial charge in [-0.1, -0.05) is 24.1 Å². The van der Waals surface area contributed by atoms with Crippen molar-refractivity contribution in [2.75, 3.05) is 26.2 Å². The molecule has 44 heavy (non-hydrogen) atoms. The molecule has 234 valence electrons. The third-order valence-corrected chi connectivity index (χ3v) is 9.82. The number of aromatic nitrogens is 3. The fourth-order valence-corrected chi connectivity index (χ4v) is 7.45. The number of fused-ring (bicyclic) bond motifs is 2. The Morgan fingerprint density at radius 2 is 1.70 bits per heavy atom. The van der Waals surface area contributed by atoms with E-state index in [1.165, 1.54) is 5.56 Å². The third-order valence-electron chi connectivity index (χ3n) is 9.82. The number of urea groups is 1. The number of hydrogen-bond donors (Lipinski definition) is 2. The van der Waals surface area contributed by atoms with E-state index < -0.39 is 5.41 Å². The maximum Gasteiger partial charge on any atom is 0.317 e. The Balaban J connectivity index is 1.17. The van der Waals surface area contributed by atoms with Gasteiger partial charge in [-0.2, -0.15) is 0 Å². The number of nitrogens with one attached hydrogen (secondary N) is 2. The van der Waals surface area contributed by atoms with Gasteiger partial charge >= 0.3 is 6.03 Å². The zero-order chi connectivity index (χ0) is 31.0. The molecule has 9 nitrogen and oxygen atoms in total. The Labute approximate surface area is 260 Å². The molecule has 0 radical (unpaired) electrons. The number of benzene rings is 1. The van der Waals surface area contributed by atoms with E-state index in [2.05, 4.69) is 64.4 Å². The minimum absolute atomic E-state index is 0.0562. The van der Waals surface area contributed by atoms with Crippen molar-refractivity contribution in [2.24, 2.45) is 5.41 Å². The number of pyridine rings is 1. The first kappa shape index (κ1) is 30.2. The summed E-state index contributed by atoms with van der Waals surface area (Å²) in [5.74, 6) is 0.901. The number of ether oxygens (including phenoxy) is 1. The molecular formula is C35H46N6O3. The fourth-order valence-electron chi connectivity index (χ4n) is 7.45. The lowest BCUT2D eigenvalue weighted by Gasteiger charge is -2.32. The van der Waals surface area contributed by atoms with E-state index in [4.69, 9.17) is 4.74 Å². The molecule has 3 aromatic rings. The summed E-state index contributed by atoms with van der Waals surface area (Å²) < 4.78 is 6.41. The van der Waals surface area contributed by atoms with E-state index in [9.17, 15) is 9.59 Å². The number of carbonyl (C=O) groups is 2. The molecule has 0 aliphatic carbocycles. The third kappa shape index (κ3) is 6.06. The van der Waals surface area contributed by atoms with E-state index in [1.54, 1.807) is 0 Å². The molecular weight excluding hydrogens is 552 g/mol. The summed E-state index contributed by atoms with van der Waals surface area (Å²) in [4.78, 5) is 35.0. The quantitative estimate of drug-likeness (QED) is 0.317. The number of aryl methyl sites for hydroxylation is 2. The standard InChI is InChI=1S/C35H46N6O3/c1-22-16-23(2)18-27(17-22)31-30(24(3)19-37-34(43)40-15-12-26(20-40)25-10-13-36-14-11-25)32(39-38-31)44-21-35(4,5)33(42)41-28-6-7-29(41)9-8-28/h10-11,13-14,16-18,24,26,28-29H,6-9,12,15,19-21H2,1-5H3,(H,37,43)(H,38,39)/t24-,26?,28?,29?/m1/s1. The fraction of sp³-hybridized carbons (Fsp3) is 0.543. The molecule has 2 aromatic heterocycles. The van der Waals surface area contributed by atoms with Crippen LogP contribution in [0.25, 0.3) is 11.3 Å². The number of likely N-dealkylation sites (tertiary alicyclic amines) is 1. The summed E-state index contributed by atoms with van der Waals surface area (Å²) in [6.07, 6.45) is 9.01. The predicted molar refractivity (Wildman–Crippen MR) is 171 cm³/mol. The zero-order valence-electron chi connectivity index (χ0n) is 26.7. The molecule has 0 saturated carbocycles. The van der Waals surface area contributed by atoms with E-state index >= 15 is 0 Å². The van der Waals surface area contributed by atoms with Gasteiger partial charge in [0.05, 0.1) is 11.1 Å². The summed E-state index contributed by atoms with van der Waals surface area (Å²) in [5, 5.41) is 11.0. The number of amides is 3. The average molecular weight is 599 g/mol. The van der Waals surface area contributed by atoms with E-state index in [0.29, 0.717) is 37.0 Å². The van der Waals surface area contributed by atoms with Gasteiger partial charge in [0.2, 0.25) is 11.8 Å². The summed E-state index contributed by atoms with van der Waals surface area (Å²) in [6.45, 7) is 12.3. The van der Waals surface area contributed by atoms with Crippen LogP contribution in [-0.2, 0) is 4.79 Å². The van der Waals surface area contributed by atoms with Crippen molar-refractivity contribution < 1.29 is 14.3 Å². The summed E-state index contributed by atoms with van der Waals surface area (Å²) in [7, 11) is 0. The van der Waals surface area contributed by atoms with Gasteiger partial charge in [-0.05, 0) is 89.6 Å². The molecule has 3 aliphatic heterocycles. The maximum atomic E-state index is 13.6. The number of H-pyrrole nitrogens is 1. The molecule has 2 atom stereocenters. The maximum absolute atomic E-state index is 13.6. The van der Waals surface area contributed by atoms with Crippen LogP contribution < -0.4 is 10.1 Å². The van der Waals surface area contributed by atoms with Crippen molar-refractivity contribution >= 4 is 11.9 Å². The molecule has 9 heteroatoms. The second-order valence-electron chi connectivity index (χ2n) is 13.8. The highest BCUT2D eigenvalue weighted by Crippen LogP contribution is 2.41. The molecule has 3 amide bonds. The van der Waals surface area contributed by atoms with Crippen molar-refractivity contribution in [1.29, 1.82) is 0 Å². The lowest BCUT2D eigenvalue weighted by molar-refractivity contribution is -0.143. The highest BCUT2D eigenvalue weighted by Gasteiger charge is 2.46. The van der Waals surface area contributed by atoms with Crippen LogP contribution in [0.5, 0.6) is 5.88 Å². The van der Waals surface area contributed by atoms with Crippen LogP contribution in [0.1, 0.15) is 87.0 Å². The average Bonchev–Trinajstić information content (AvgIpc) is 3.82. The number of hydrogen-bond acceptors (Lipinski definition) is 5. The highest BCUT2D eigenvalue weighted by molar-refractivity contribution is 5.83. The molecule has 0 spiro atoms. The molecule has 3 fully saturated rings. The lowest BCUT2D eigenvalue weighted by atomic mass is 9.92. The van der Waals surface area contributed by atoms with Gasteiger partial charge in [0.15, 0.2) is 0 Å². The van der Waals surface area contributed by atoms with E-state index in [-0.39, 0.29) is 24.5 Å². The zero-order valence-corrected chi connectivity index (χ0v) is 26.7. The van der Waals surface area contributed by atoms with Crippen LogP contribution in [0.15, 0.2) is 42.7 Å². The topological polar surface area (TPSA) is 103 Å². The normalized spacial score (nSPS) is 22.0. The first-order valence-corrected chi connectivity index (χ1v) is 16.2. The van der Waals surface area contributed by atoms with Crippen molar-refractivity contribution in [1.82, 2.24) is 30.3 Å². The Hall–Kier alpha value is -3.88. The molecule has 3 aliphatic rings. The summed E-state index contributed by atoms with van der Waals surface area (Å²) in [5.41, 5.74) is 5.69. The number of carbonyl (C=O) groups excluding carboxylic acids is 2. The van der Waals surface area contributed by atoms with Gasteiger partial charge in [-0.15, -0.1) is 5.10 Å². The van der Waals surface area contributed by atoms with Crippen molar-refractivity contribution in [3.8, 4) is 17.1 Å². The van der Waals surface area contributed by atoms with Crippen LogP contribution in [0, 0.1) is 19.3 Å². The molecule has 2 N–H and O–H groups in total. The first-order valence-electron chi connectivity index (χ1n) is 16.2. The van der Waals surface area contributed by atoms with E-state index in [0.717, 1.165) is 66.6 Å². The molecule has 5 heterocycles. The monoisotopic (exact) mass is 598 g/mol. The van der Waals surface area contributed by atoms with Crippen LogP contribution in [0.2, 0.25) is 0 Å². The van der Waals surface area contributed by atoms with Gasteiger partial charge in [0.25, 0.3) is 0 Å². The number of rotatable bonds is 9. The Morgan fingerprint density at radius 1 is 1.05 bits per heavy atom. The molecule has 1 unspecified atom stereocenters. The predicted octanol–water partition coefficient (Wildman–Crippen LogP) is 5.95. The summed E-state index contributed by atoms with van der Waals surface area (Å²) >= 11 is 0. The van der Waals surface area contributed by atoms with Crippen LogP contribution >= 0.6 is 0 Å². The van der Waals surface area contributed by atoms with Crippen molar-refractivity contribution in [3.63, 3.8) is 0 Å². The number of aromatic amines is 1. The largest absolute Gasteiger partial charge is 0.475 e. The Kier molecular flexibility index (Phi) is 8.40. The lowest BCUT2D eigenvalue weighted by Crippen LogP contribution is -2.46. The molecule has 3 saturated heterocycles. The highest BCUT2D eigenvalue weighted by atomic mass is 16.5. The van der Waals surface area contributed by atoms with Gasteiger partial charge in [0, 0.05) is 67.1 Å². The van der Waals surface area contributed by atoms with Crippen molar-refractivity contribution in [2.45, 2.75) is 90.6 Å². The minimum Gasteiger partial charge on any atom is -0.475 e. The first-order chi connectivity index (χ1) is 21.1. The Bertz CT molecular complexity index is 1460. The smallest absolute Gasteiger partial charge is 0.317 e. The van der Waals surface area contributed by atoms with Crippen LogP contribution in [-0.4, -0.2) is 75.2 Å². The second-order valence-corrected chi connectivity index (χ2v) is 13.8. The second kappa shape index (κ2) is 12.3. The molecule has 6 rings (SSSR count). The summed E-state index contributed by atoms with van der Waals surface area (Å²) in [6, 6.07) is 11.2. The van der Waals surface area contributed by atoms with Crippen molar-refractivity contribution in [3.05, 3.63) is 65.0 Å². The SMILES string of the molecule is Cc1cc(C)cc(-c2[nH]nc(OCC(C)(C)C(=O)N3C4CCC3CC4)c2[C@H](C)CNC(=O)N2CCC(c3ccncc3)C2)c1. The van der Waals surface area contributed by atoms with Crippen LogP contribution in [0.4, 0.5) is 4.79 Å². The minimum atomic E-state index is -0.681. The van der Waals surface area contributed by atoms with Gasteiger partial charge in [-0.3, -0.25) is 14.9 Å². The van der Waals surface area contributed by atoms with E-state index in [1.807, 2.05) is 43.3 Å². The number of nitrogens with zero attached hydrogens (tertiary/aromatic N) is 4. The van der Waals surface area contributed by atoms with Crippen LogP contribution in [0.3, 0.4) is 0 Å². The molecule has 2 bridgehead atoms. The van der Waals surface area contributed by atoms with Gasteiger partial charge in [0.1, 0.15) is 6.61 Å². The van der Waals surface area contributed by atoms with Gasteiger partial charge in [-0.25, -0.2) is 4.79 Å².